The minimum absolute atomic E-state index is 0.147. The molecule has 0 aliphatic carbocycles. The van der Waals surface area contributed by atoms with E-state index >= 15 is 0 Å². The van der Waals surface area contributed by atoms with Gasteiger partial charge in [0.15, 0.2) is 0 Å². The Morgan fingerprint density at radius 3 is 3.07 bits per heavy atom. The van der Waals surface area contributed by atoms with Gasteiger partial charge in [0.05, 0.1) is 6.54 Å². The molecule has 0 atom stereocenters. The van der Waals surface area contributed by atoms with Crippen molar-refractivity contribution in [3.8, 4) is 0 Å². The molecule has 15 heavy (non-hydrogen) atoms. The average molecular weight is 208 g/mol. The van der Waals surface area contributed by atoms with Crippen molar-refractivity contribution in [2.75, 3.05) is 13.1 Å². The number of hydrogen-bond donors (Lipinski definition) is 1. The zero-order valence-electron chi connectivity index (χ0n) is 8.37. The van der Waals surface area contributed by atoms with Gasteiger partial charge in [-0.3, -0.25) is 9.69 Å². The monoisotopic (exact) mass is 208 g/mol. The van der Waals surface area contributed by atoms with Crippen molar-refractivity contribution < 1.29 is 9.18 Å². The second-order valence-electron chi connectivity index (χ2n) is 3.80. The number of benzene rings is 1. The van der Waals surface area contributed by atoms with Crippen LogP contribution in [-0.2, 0) is 17.8 Å². The van der Waals surface area contributed by atoms with Crippen LogP contribution >= 0.6 is 0 Å². The number of primary amides is 1. The fraction of sp³-hybridized carbons (Fsp3) is 0.364. The Balaban J connectivity index is 2.17. The molecule has 3 nitrogen and oxygen atoms in total. The van der Waals surface area contributed by atoms with Crippen LogP contribution in [0.5, 0.6) is 0 Å². The van der Waals surface area contributed by atoms with Crippen molar-refractivity contribution in [1.82, 2.24) is 4.90 Å². The van der Waals surface area contributed by atoms with Crippen molar-refractivity contribution >= 4 is 5.91 Å². The Kier molecular flexibility index (Phi) is 2.68. The fourth-order valence-electron chi connectivity index (χ4n) is 1.98. The van der Waals surface area contributed by atoms with Gasteiger partial charge in [0.2, 0.25) is 5.91 Å². The minimum atomic E-state index is -0.338. The van der Waals surface area contributed by atoms with E-state index in [2.05, 4.69) is 0 Å². The summed E-state index contributed by atoms with van der Waals surface area (Å²) in [4.78, 5) is 12.7. The van der Waals surface area contributed by atoms with Crippen molar-refractivity contribution in [3.05, 3.63) is 35.1 Å². The van der Waals surface area contributed by atoms with Crippen LogP contribution in [0.2, 0.25) is 0 Å². The Hall–Kier alpha value is -1.42. The maximum Gasteiger partial charge on any atom is 0.231 e. The first-order valence-electron chi connectivity index (χ1n) is 4.94. The van der Waals surface area contributed by atoms with E-state index in [1.54, 1.807) is 6.07 Å². The summed E-state index contributed by atoms with van der Waals surface area (Å²) in [5.74, 6) is -0.485. The van der Waals surface area contributed by atoms with E-state index in [-0.39, 0.29) is 18.3 Å². The van der Waals surface area contributed by atoms with Crippen molar-refractivity contribution in [1.29, 1.82) is 0 Å². The minimum Gasteiger partial charge on any atom is -0.369 e. The van der Waals surface area contributed by atoms with Gasteiger partial charge < -0.3 is 5.73 Å². The fourth-order valence-corrected chi connectivity index (χ4v) is 1.98. The summed E-state index contributed by atoms with van der Waals surface area (Å²) in [6, 6.07) is 5.07. The van der Waals surface area contributed by atoms with Crippen LogP contribution in [0.15, 0.2) is 18.2 Å². The smallest absolute Gasteiger partial charge is 0.231 e. The van der Waals surface area contributed by atoms with Gasteiger partial charge in [-0.25, -0.2) is 4.39 Å². The Labute approximate surface area is 87.7 Å². The number of amides is 1. The molecule has 0 saturated carbocycles. The number of rotatable bonds is 2. The number of hydrogen-bond acceptors (Lipinski definition) is 2. The summed E-state index contributed by atoms with van der Waals surface area (Å²) < 4.78 is 13.4. The molecule has 0 unspecified atom stereocenters. The molecular weight excluding hydrogens is 195 g/mol. The number of carbonyl (C=O) groups is 1. The molecule has 0 aromatic heterocycles. The first-order valence-corrected chi connectivity index (χ1v) is 4.94. The molecule has 0 saturated heterocycles. The first-order chi connectivity index (χ1) is 7.16. The van der Waals surface area contributed by atoms with Crippen LogP contribution in [0.4, 0.5) is 4.39 Å². The second kappa shape index (κ2) is 3.98. The molecule has 1 aromatic rings. The summed E-state index contributed by atoms with van der Waals surface area (Å²) in [6.07, 6.45) is 0.648. The predicted molar refractivity (Wildman–Crippen MR) is 54.6 cm³/mol. The maximum atomic E-state index is 13.4. The van der Waals surface area contributed by atoms with E-state index in [1.807, 2.05) is 11.0 Å². The zero-order chi connectivity index (χ0) is 10.8. The molecule has 2 rings (SSSR count). The molecule has 80 valence electrons. The number of carbonyl (C=O) groups excluding carboxylic acids is 1. The van der Waals surface area contributed by atoms with Gasteiger partial charge in [-0.1, -0.05) is 12.1 Å². The highest BCUT2D eigenvalue weighted by atomic mass is 19.1. The van der Waals surface area contributed by atoms with Crippen LogP contribution in [0.25, 0.3) is 0 Å². The van der Waals surface area contributed by atoms with E-state index in [4.69, 9.17) is 5.73 Å². The highest BCUT2D eigenvalue weighted by Crippen LogP contribution is 2.20. The van der Waals surface area contributed by atoms with E-state index < -0.39 is 0 Å². The third-order valence-electron chi connectivity index (χ3n) is 2.67. The van der Waals surface area contributed by atoms with Crippen LogP contribution in [-0.4, -0.2) is 23.9 Å². The predicted octanol–water partition coefficient (Wildman–Crippen LogP) is 0.669. The van der Waals surface area contributed by atoms with Crippen LogP contribution in [0.1, 0.15) is 11.1 Å². The number of nitrogens with zero attached hydrogens (tertiary/aromatic N) is 1. The highest BCUT2D eigenvalue weighted by molar-refractivity contribution is 5.75. The van der Waals surface area contributed by atoms with E-state index in [1.165, 1.54) is 6.07 Å². The molecule has 0 spiro atoms. The normalized spacial score (nSPS) is 16.1. The lowest BCUT2D eigenvalue weighted by atomic mass is 9.99. The molecule has 0 bridgehead atoms. The zero-order valence-corrected chi connectivity index (χ0v) is 8.37. The molecule has 1 aliphatic heterocycles. The van der Waals surface area contributed by atoms with Gasteiger partial charge in [-0.05, 0) is 23.6 Å². The number of fused-ring (bicyclic) bond motifs is 1. The summed E-state index contributed by atoms with van der Waals surface area (Å²) in [7, 11) is 0. The molecule has 0 fully saturated rings. The molecule has 4 heteroatoms. The average Bonchev–Trinajstić information content (AvgIpc) is 2.17. The molecular formula is C11H13FN2O. The van der Waals surface area contributed by atoms with Gasteiger partial charge in [-0.15, -0.1) is 0 Å². The molecule has 1 amide bonds. The SMILES string of the molecule is NC(=O)CN1CCc2c(F)cccc2C1. The third kappa shape index (κ3) is 2.15. The van der Waals surface area contributed by atoms with Gasteiger partial charge in [0.1, 0.15) is 5.82 Å². The lowest BCUT2D eigenvalue weighted by molar-refractivity contribution is -0.119. The van der Waals surface area contributed by atoms with E-state index in [9.17, 15) is 9.18 Å². The second-order valence-corrected chi connectivity index (χ2v) is 3.80. The lowest BCUT2D eigenvalue weighted by Gasteiger charge is -2.27. The summed E-state index contributed by atoms with van der Waals surface area (Å²) in [5.41, 5.74) is 6.86. The largest absolute Gasteiger partial charge is 0.369 e. The van der Waals surface area contributed by atoms with Gasteiger partial charge >= 0.3 is 0 Å². The van der Waals surface area contributed by atoms with Crippen LogP contribution in [0.3, 0.4) is 0 Å². The Morgan fingerprint density at radius 1 is 1.53 bits per heavy atom. The van der Waals surface area contributed by atoms with Gasteiger partial charge in [0, 0.05) is 13.1 Å². The highest BCUT2D eigenvalue weighted by Gasteiger charge is 2.19. The van der Waals surface area contributed by atoms with E-state index in [0.29, 0.717) is 19.5 Å². The van der Waals surface area contributed by atoms with Gasteiger partial charge in [0.25, 0.3) is 0 Å². The molecule has 1 aromatic carbocycles. The van der Waals surface area contributed by atoms with Gasteiger partial charge in [-0.2, -0.15) is 0 Å². The van der Waals surface area contributed by atoms with Crippen LogP contribution < -0.4 is 5.73 Å². The van der Waals surface area contributed by atoms with E-state index in [0.717, 1.165) is 11.1 Å². The van der Waals surface area contributed by atoms with Crippen molar-refractivity contribution in [2.45, 2.75) is 13.0 Å². The first kappa shape index (κ1) is 10.1. The number of nitrogens with two attached hydrogens (primary N) is 1. The Bertz CT molecular complexity index is 392. The number of halogens is 1. The summed E-state index contributed by atoms with van der Waals surface area (Å²) in [5, 5.41) is 0. The maximum absolute atomic E-state index is 13.4. The quantitative estimate of drug-likeness (QED) is 0.776. The molecule has 1 aliphatic rings. The lowest BCUT2D eigenvalue weighted by Crippen LogP contribution is -2.37. The topological polar surface area (TPSA) is 46.3 Å². The van der Waals surface area contributed by atoms with Crippen molar-refractivity contribution in [3.63, 3.8) is 0 Å². The molecule has 1 heterocycles. The third-order valence-corrected chi connectivity index (χ3v) is 2.67. The molecule has 0 radical (unpaired) electrons. The Morgan fingerprint density at radius 2 is 2.33 bits per heavy atom. The summed E-state index contributed by atoms with van der Waals surface area (Å²) >= 11 is 0. The van der Waals surface area contributed by atoms with Crippen molar-refractivity contribution in [2.24, 2.45) is 5.73 Å². The summed E-state index contributed by atoms with van der Waals surface area (Å²) in [6.45, 7) is 1.54. The van der Waals surface area contributed by atoms with Crippen LogP contribution in [0, 0.1) is 5.82 Å². The standard InChI is InChI=1S/C11H13FN2O/c12-10-3-1-2-8-6-14(7-11(13)15)5-4-9(8)10/h1-3H,4-7H2,(H2,13,15). The molecule has 2 N–H and O–H groups in total.